The first kappa shape index (κ1) is 21.9. The molecule has 2 unspecified atom stereocenters. The van der Waals surface area contributed by atoms with Gasteiger partial charge < -0.3 is 15.2 Å². The molecule has 0 spiro atoms. The first-order valence-electron chi connectivity index (χ1n) is 9.76. The molecule has 1 amide bonds. The molecule has 2 atom stereocenters. The second kappa shape index (κ2) is 9.77. The predicted octanol–water partition coefficient (Wildman–Crippen LogP) is 3.37. The number of sulfonamides is 1. The molecule has 3 rings (SSSR count). The molecule has 0 heterocycles. The van der Waals surface area contributed by atoms with Gasteiger partial charge in [-0.2, -0.15) is 0 Å². The summed E-state index contributed by atoms with van der Waals surface area (Å²) in [4.78, 5) is 12.3. The fraction of sp³-hybridized carbons (Fsp3) is 0.318. The highest BCUT2D eigenvalue weighted by Crippen LogP contribution is 2.25. The van der Waals surface area contributed by atoms with Crippen LogP contribution in [0.3, 0.4) is 0 Å². The number of nitrogens with two attached hydrogens (primary N) is 1. The Morgan fingerprint density at radius 3 is 2.23 bits per heavy atom. The van der Waals surface area contributed by atoms with Gasteiger partial charge in [-0.15, -0.1) is 0 Å². The van der Waals surface area contributed by atoms with Gasteiger partial charge in [0, 0.05) is 0 Å². The number of carbonyl (C=O) groups excluding carboxylic acids is 1. The molecule has 8 heteroatoms. The first-order valence-corrected chi connectivity index (χ1v) is 11.2. The molecule has 0 saturated carbocycles. The Morgan fingerprint density at radius 1 is 1.07 bits per heavy atom. The van der Waals surface area contributed by atoms with Crippen LogP contribution in [-0.2, 0) is 14.8 Å². The summed E-state index contributed by atoms with van der Waals surface area (Å²) in [5.41, 5.74) is 5.93. The number of nitrogens with one attached hydrogen (secondary N) is 1. The van der Waals surface area contributed by atoms with Crippen molar-refractivity contribution in [3.05, 3.63) is 60.7 Å². The Labute approximate surface area is 176 Å². The summed E-state index contributed by atoms with van der Waals surface area (Å²) in [7, 11) is -2.43. The molecule has 1 aliphatic rings. The van der Waals surface area contributed by atoms with Gasteiger partial charge in [0.1, 0.15) is 17.2 Å². The molecule has 2 aromatic rings. The van der Waals surface area contributed by atoms with Crippen molar-refractivity contribution in [2.45, 2.75) is 36.6 Å². The van der Waals surface area contributed by atoms with Crippen LogP contribution in [0, 0.1) is 5.92 Å². The SMILES string of the molecule is COc1ccc(Oc2ccc(S(=O)(=O)NC(=O)C(N)CC3CC=CCC3)cc2)cc1. The van der Waals surface area contributed by atoms with E-state index in [9.17, 15) is 13.2 Å². The van der Waals surface area contributed by atoms with E-state index in [-0.39, 0.29) is 4.90 Å². The summed E-state index contributed by atoms with van der Waals surface area (Å²) in [5.74, 6) is 1.37. The minimum Gasteiger partial charge on any atom is -0.497 e. The second-order valence-electron chi connectivity index (χ2n) is 7.21. The molecular formula is C22H26N2O5S. The zero-order valence-corrected chi connectivity index (χ0v) is 17.6. The van der Waals surface area contributed by atoms with E-state index in [1.807, 2.05) is 0 Å². The minimum absolute atomic E-state index is 0.0364. The van der Waals surface area contributed by atoms with E-state index in [4.69, 9.17) is 15.2 Å². The number of hydrogen-bond acceptors (Lipinski definition) is 6. The third kappa shape index (κ3) is 5.84. The number of benzene rings is 2. The predicted molar refractivity (Wildman–Crippen MR) is 114 cm³/mol. The van der Waals surface area contributed by atoms with Gasteiger partial charge >= 0.3 is 0 Å². The molecule has 7 nitrogen and oxygen atoms in total. The smallest absolute Gasteiger partial charge is 0.264 e. The number of allylic oxidation sites excluding steroid dienone is 2. The third-order valence-corrected chi connectivity index (χ3v) is 6.33. The van der Waals surface area contributed by atoms with Crippen LogP contribution >= 0.6 is 0 Å². The van der Waals surface area contributed by atoms with Gasteiger partial charge in [-0.05, 0) is 80.1 Å². The van der Waals surface area contributed by atoms with Crippen molar-refractivity contribution in [2.75, 3.05) is 7.11 Å². The maximum absolute atomic E-state index is 12.5. The lowest BCUT2D eigenvalue weighted by molar-refractivity contribution is -0.121. The highest BCUT2D eigenvalue weighted by atomic mass is 32.2. The lowest BCUT2D eigenvalue weighted by Crippen LogP contribution is -2.44. The van der Waals surface area contributed by atoms with Gasteiger partial charge in [-0.3, -0.25) is 4.79 Å². The van der Waals surface area contributed by atoms with E-state index >= 15 is 0 Å². The third-order valence-electron chi connectivity index (χ3n) is 4.97. The van der Waals surface area contributed by atoms with E-state index in [2.05, 4.69) is 16.9 Å². The molecule has 0 aromatic heterocycles. The molecular weight excluding hydrogens is 404 g/mol. The maximum atomic E-state index is 12.5. The molecule has 2 aromatic carbocycles. The zero-order chi connectivity index (χ0) is 21.6. The number of hydrogen-bond donors (Lipinski definition) is 2. The van der Waals surface area contributed by atoms with Crippen molar-refractivity contribution in [1.29, 1.82) is 0 Å². The van der Waals surface area contributed by atoms with Crippen molar-refractivity contribution >= 4 is 15.9 Å². The maximum Gasteiger partial charge on any atom is 0.264 e. The van der Waals surface area contributed by atoms with Gasteiger partial charge in [0.25, 0.3) is 15.9 Å². The van der Waals surface area contributed by atoms with Crippen LogP contribution < -0.4 is 19.9 Å². The average molecular weight is 431 g/mol. The van der Waals surface area contributed by atoms with Crippen LogP contribution in [0.4, 0.5) is 0 Å². The summed E-state index contributed by atoms with van der Waals surface area (Å²) >= 11 is 0. The molecule has 0 radical (unpaired) electrons. The summed E-state index contributed by atoms with van der Waals surface area (Å²) in [5, 5.41) is 0. The second-order valence-corrected chi connectivity index (χ2v) is 8.89. The van der Waals surface area contributed by atoms with Crippen LogP contribution in [0.25, 0.3) is 0 Å². The molecule has 30 heavy (non-hydrogen) atoms. The van der Waals surface area contributed by atoms with E-state index in [1.165, 1.54) is 24.3 Å². The fourth-order valence-electron chi connectivity index (χ4n) is 3.27. The molecule has 0 saturated heterocycles. The number of methoxy groups -OCH3 is 1. The van der Waals surface area contributed by atoms with Crippen molar-refractivity contribution in [2.24, 2.45) is 11.7 Å². The van der Waals surface area contributed by atoms with Crippen LogP contribution in [0.2, 0.25) is 0 Å². The number of ether oxygens (including phenoxy) is 2. The molecule has 3 N–H and O–H groups in total. The summed E-state index contributed by atoms with van der Waals surface area (Å²) in [6.07, 6.45) is 7.42. The van der Waals surface area contributed by atoms with Gasteiger partial charge in [0.2, 0.25) is 0 Å². The number of rotatable bonds is 8. The van der Waals surface area contributed by atoms with Crippen LogP contribution in [-0.4, -0.2) is 27.5 Å². The average Bonchev–Trinajstić information content (AvgIpc) is 2.75. The van der Waals surface area contributed by atoms with E-state index in [0.29, 0.717) is 29.6 Å². The van der Waals surface area contributed by atoms with Gasteiger partial charge in [-0.25, -0.2) is 13.1 Å². The van der Waals surface area contributed by atoms with E-state index in [0.717, 1.165) is 19.3 Å². The van der Waals surface area contributed by atoms with E-state index in [1.54, 1.807) is 31.4 Å². The Balaban J connectivity index is 1.59. The Kier molecular flexibility index (Phi) is 7.12. The normalized spacial score (nSPS) is 17.2. The highest BCUT2D eigenvalue weighted by Gasteiger charge is 2.24. The zero-order valence-electron chi connectivity index (χ0n) is 16.8. The number of carbonyl (C=O) groups is 1. The summed E-state index contributed by atoms with van der Waals surface area (Å²) in [6.45, 7) is 0. The fourth-order valence-corrected chi connectivity index (χ4v) is 4.30. The van der Waals surface area contributed by atoms with Crippen LogP contribution in [0.15, 0.2) is 65.6 Å². The van der Waals surface area contributed by atoms with Gasteiger partial charge in [-0.1, -0.05) is 12.2 Å². The minimum atomic E-state index is -4.01. The lowest BCUT2D eigenvalue weighted by atomic mass is 9.89. The standard InChI is InChI=1S/C22H26N2O5S/c1-28-17-7-9-18(10-8-17)29-19-11-13-20(14-12-19)30(26,27)24-22(25)21(23)15-16-5-3-2-4-6-16/h2-3,7-14,16,21H,4-6,15,23H2,1H3,(H,24,25). The van der Waals surface area contributed by atoms with Crippen molar-refractivity contribution in [3.8, 4) is 17.2 Å². The van der Waals surface area contributed by atoms with Crippen molar-refractivity contribution < 1.29 is 22.7 Å². The van der Waals surface area contributed by atoms with Crippen molar-refractivity contribution in [1.82, 2.24) is 4.72 Å². The quantitative estimate of drug-likeness (QED) is 0.622. The summed E-state index contributed by atoms with van der Waals surface area (Å²) < 4.78 is 37.9. The Morgan fingerprint density at radius 2 is 1.67 bits per heavy atom. The Bertz CT molecular complexity index is 985. The highest BCUT2D eigenvalue weighted by molar-refractivity contribution is 7.90. The number of amides is 1. The topological polar surface area (TPSA) is 108 Å². The lowest BCUT2D eigenvalue weighted by Gasteiger charge is -2.21. The molecule has 1 aliphatic carbocycles. The van der Waals surface area contributed by atoms with Crippen LogP contribution in [0.5, 0.6) is 17.2 Å². The largest absolute Gasteiger partial charge is 0.497 e. The van der Waals surface area contributed by atoms with Gasteiger partial charge in [0.05, 0.1) is 18.0 Å². The first-order chi connectivity index (χ1) is 14.4. The van der Waals surface area contributed by atoms with Crippen molar-refractivity contribution in [3.63, 3.8) is 0 Å². The van der Waals surface area contributed by atoms with Crippen LogP contribution in [0.1, 0.15) is 25.7 Å². The summed E-state index contributed by atoms with van der Waals surface area (Å²) in [6, 6.07) is 12.0. The molecule has 0 bridgehead atoms. The molecule has 160 valence electrons. The van der Waals surface area contributed by atoms with E-state index < -0.39 is 22.0 Å². The molecule has 0 aliphatic heterocycles. The Hall–Kier alpha value is -2.84. The monoisotopic (exact) mass is 430 g/mol. The molecule has 0 fully saturated rings. The van der Waals surface area contributed by atoms with Gasteiger partial charge in [0.15, 0.2) is 0 Å².